The van der Waals surface area contributed by atoms with Crippen LogP contribution in [0.25, 0.3) is 6.08 Å². The van der Waals surface area contributed by atoms with Crippen LogP contribution in [0.4, 0.5) is 0 Å². The molecule has 0 atom stereocenters. The van der Waals surface area contributed by atoms with Crippen LogP contribution in [0, 0.1) is 5.92 Å². The maximum absolute atomic E-state index is 12.8. The van der Waals surface area contributed by atoms with Crippen molar-refractivity contribution in [1.82, 2.24) is 10.4 Å². The molecule has 0 aromatic heterocycles. The lowest BCUT2D eigenvalue weighted by atomic mass is 9.89. The number of carbonyl (C=O) groups excluding carboxylic acids is 2. The van der Waals surface area contributed by atoms with Gasteiger partial charge in [-0.2, -0.15) is 5.01 Å². The van der Waals surface area contributed by atoms with E-state index in [9.17, 15) is 14.4 Å². The van der Waals surface area contributed by atoms with Crippen LogP contribution in [0.2, 0.25) is 0 Å². The standard InChI is InChI=1S/C21H24N2O6S2/c1-2-28-16-10-13(8-9-15(16)29-12-18(24)25)11-17-20(27)23(21(30)31-17)22-19(26)14-6-4-3-5-7-14/h8-11,14H,2-7,12H2,1H3,(H,22,26)(H,24,25)/b17-11+. The van der Waals surface area contributed by atoms with Gasteiger partial charge in [0, 0.05) is 5.92 Å². The third-order valence-corrected chi connectivity index (χ3v) is 6.21. The van der Waals surface area contributed by atoms with Crippen LogP contribution in [-0.4, -0.2) is 45.4 Å². The summed E-state index contributed by atoms with van der Waals surface area (Å²) in [6.07, 6.45) is 6.47. The topological polar surface area (TPSA) is 105 Å². The molecule has 0 unspecified atom stereocenters. The van der Waals surface area contributed by atoms with E-state index in [-0.39, 0.29) is 22.1 Å². The fraction of sp³-hybridized carbons (Fsp3) is 0.429. The molecule has 0 radical (unpaired) electrons. The molecular weight excluding hydrogens is 440 g/mol. The minimum absolute atomic E-state index is 0.0884. The average molecular weight is 465 g/mol. The molecule has 0 spiro atoms. The molecule has 1 aliphatic heterocycles. The highest BCUT2D eigenvalue weighted by molar-refractivity contribution is 8.26. The zero-order valence-corrected chi connectivity index (χ0v) is 18.7. The first-order chi connectivity index (χ1) is 14.9. The molecule has 166 valence electrons. The summed E-state index contributed by atoms with van der Waals surface area (Å²) in [6.45, 7) is 1.68. The summed E-state index contributed by atoms with van der Waals surface area (Å²) in [6, 6.07) is 4.94. The Morgan fingerprint density at radius 3 is 2.68 bits per heavy atom. The Balaban J connectivity index is 1.73. The van der Waals surface area contributed by atoms with Gasteiger partial charge in [-0.25, -0.2) is 4.79 Å². The van der Waals surface area contributed by atoms with E-state index in [0.717, 1.165) is 48.9 Å². The van der Waals surface area contributed by atoms with Gasteiger partial charge in [-0.05, 0) is 55.8 Å². The van der Waals surface area contributed by atoms with Crippen molar-refractivity contribution >= 4 is 52.2 Å². The summed E-state index contributed by atoms with van der Waals surface area (Å²) in [5.41, 5.74) is 3.33. The van der Waals surface area contributed by atoms with Crippen LogP contribution in [-0.2, 0) is 14.4 Å². The number of nitrogens with zero attached hydrogens (tertiary/aromatic N) is 1. The summed E-state index contributed by atoms with van der Waals surface area (Å²) < 4.78 is 11.0. The number of thiocarbonyl (C=S) groups is 1. The van der Waals surface area contributed by atoms with Crippen molar-refractivity contribution in [3.05, 3.63) is 28.7 Å². The van der Waals surface area contributed by atoms with Crippen molar-refractivity contribution in [2.45, 2.75) is 39.0 Å². The SMILES string of the molecule is CCOc1cc(/C=C2/SC(=S)N(NC(=O)C3CCCCC3)C2=O)ccc1OCC(=O)O. The molecule has 2 fully saturated rings. The second-order valence-corrected chi connectivity index (χ2v) is 8.83. The predicted molar refractivity (Wildman–Crippen MR) is 120 cm³/mol. The molecule has 1 aromatic rings. The van der Waals surface area contributed by atoms with Crippen LogP contribution in [0.3, 0.4) is 0 Å². The normalized spacial score (nSPS) is 18.4. The number of aliphatic carboxylic acids is 1. The largest absolute Gasteiger partial charge is 0.490 e. The average Bonchev–Trinajstić information content (AvgIpc) is 3.01. The second kappa shape index (κ2) is 10.6. The molecule has 8 nitrogen and oxygen atoms in total. The first kappa shape index (κ1) is 23.1. The maximum atomic E-state index is 12.8. The van der Waals surface area contributed by atoms with Gasteiger partial charge < -0.3 is 14.6 Å². The summed E-state index contributed by atoms with van der Waals surface area (Å²) in [7, 11) is 0. The van der Waals surface area contributed by atoms with Gasteiger partial charge in [0.05, 0.1) is 11.5 Å². The van der Waals surface area contributed by atoms with Crippen LogP contribution in [0.5, 0.6) is 11.5 Å². The van der Waals surface area contributed by atoms with Gasteiger partial charge in [0.1, 0.15) is 0 Å². The lowest BCUT2D eigenvalue weighted by Gasteiger charge is -2.23. The Kier molecular flexibility index (Phi) is 7.91. The minimum atomic E-state index is -1.09. The highest BCUT2D eigenvalue weighted by Gasteiger charge is 2.35. The first-order valence-corrected chi connectivity index (χ1v) is 11.3. The third kappa shape index (κ3) is 5.98. The molecule has 1 aliphatic carbocycles. The lowest BCUT2D eigenvalue weighted by Crippen LogP contribution is -2.47. The van der Waals surface area contributed by atoms with Crippen molar-refractivity contribution < 1.29 is 29.0 Å². The summed E-state index contributed by atoms with van der Waals surface area (Å²) in [5, 5.41) is 9.94. The Morgan fingerprint density at radius 1 is 1.26 bits per heavy atom. The Bertz CT molecular complexity index is 911. The van der Waals surface area contributed by atoms with Crippen LogP contribution < -0.4 is 14.9 Å². The molecule has 3 rings (SSSR count). The van der Waals surface area contributed by atoms with E-state index in [1.165, 1.54) is 0 Å². The van der Waals surface area contributed by atoms with E-state index in [4.69, 9.17) is 26.8 Å². The van der Waals surface area contributed by atoms with Crippen molar-refractivity contribution in [3.8, 4) is 11.5 Å². The molecule has 2 amide bonds. The summed E-state index contributed by atoms with van der Waals surface area (Å²) >= 11 is 6.40. The highest BCUT2D eigenvalue weighted by Crippen LogP contribution is 2.34. The molecule has 31 heavy (non-hydrogen) atoms. The molecule has 2 aliphatic rings. The van der Waals surface area contributed by atoms with E-state index in [2.05, 4.69) is 5.43 Å². The van der Waals surface area contributed by atoms with Crippen LogP contribution >= 0.6 is 24.0 Å². The number of nitrogens with one attached hydrogen (secondary N) is 1. The smallest absolute Gasteiger partial charge is 0.341 e. The number of carboxylic acids is 1. The first-order valence-electron chi connectivity index (χ1n) is 10.1. The third-order valence-electron chi connectivity index (χ3n) is 4.91. The number of carbonyl (C=O) groups is 3. The molecule has 0 bridgehead atoms. The van der Waals surface area contributed by atoms with E-state index < -0.39 is 12.6 Å². The molecule has 2 N–H and O–H groups in total. The highest BCUT2D eigenvalue weighted by atomic mass is 32.2. The Hall–Kier alpha value is -2.59. The van der Waals surface area contributed by atoms with Crippen molar-refractivity contribution in [2.75, 3.05) is 13.2 Å². The van der Waals surface area contributed by atoms with Gasteiger partial charge in [0.25, 0.3) is 5.91 Å². The monoisotopic (exact) mass is 464 g/mol. The van der Waals surface area contributed by atoms with Crippen molar-refractivity contribution in [2.24, 2.45) is 5.92 Å². The summed E-state index contributed by atoms with van der Waals surface area (Å²) in [4.78, 5) is 36.4. The van der Waals surface area contributed by atoms with Crippen LogP contribution in [0.1, 0.15) is 44.6 Å². The second-order valence-electron chi connectivity index (χ2n) is 7.15. The van der Waals surface area contributed by atoms with E-state index in [1.807, 2.05) is 0 Å². The van der Waals surface area contributed by atoms with Crippen LogP contribution in [0.15, 0.2) is 23.1 Å². The Labute approximate surface area is 189 Å². The minimum Gasteiger partial charge on any atom is -0.490 e. The fourth-order valence-corrected chi connectivity index (χ4v) is 4.60. The number of amides is 2. The van der Waals surface area contributed by atoms with E-state index >= 15 is 0 Å². The molecular formula is C21H24N2O6S2. The Morgan fingerprint density at radius 2 is 2.00 bits per heavy atom. The molecule has 1 saturated carbocycles. The molecule has 1 saturated heterocycles. The number of rotatable bonds is 8. The maximum Gasteiger partial charge on any atom is 0.341 e. The lowest BCUT2D eigenvalue weighted by molar-refractivity contribution is -0.139. The van der Waals surface area contributed by atoms with Gasteiger partial charge in [-0.1, -0.05) is 37.1 Å². The predicted octanol–water partition coefficient (Wildman–Crippen LogP) is 3.36. The van der Waals surface area contributed by atoms with Crippen molar-refractivity contribution in [3.63, 3.8) is 0 Å². The number of hydrazine groups is 1. The quantitative estimate of drug-likeness (QED) is 0.446. The van der Waals surface area contributed by atoms with Crippen molar-refractivity contribution in [1.29, 1.82) is 0 Å². The van der Waals surface area contributed by atoms with Gasteiger partial charge in [-0.3, -0.25) is 15.0 Å². The van der Waals surface area contributed by atoms with Gasteiger partial charge in [0.2, 0.25) is 5.91 Å². The number of hydrogen-bond donors (Lipinski definition) is 2. The van der Waals surface area contributed by atoms with Gasteiger partial charge >= 0.3 is 5.97 Å². The van der Waals surface area contributed by atoms with Gasteiger partial charge in [-0.15, -0.1) is 0 Å². The number of benzene rings is 1. The number of carboxylic acid groups (broad SMARTS) is 1. The molecule has 1 aromatic carbocycles. The van der Waals surface area contributed by atoms with E-state index in [0.29, 0.717) is 28.6 Å². The molecule has 10 heteroatoms. The van der Waals surface area contributed by atoms with Gasteiger partial charge in [0.15, 0.2) is 22.4 Å². The number of ether oxygens (including phenoxy) is 2. The zero-order chi connectivity index (χ0) is 22.4. The number of thioether (sulfide) groups is 1. The van der Waals surface area contributed by atoms with E-state index in [1.54, 1.807) is 31.2 Å². The fourth-order valence-electron chi connectivity index (χ4n) is 3.42. The molecule has 1 heterocycles. The summed E-state index contributed by atoms with van der Waals surface area (Å²) in [5.74, 6) is -1.06. The zero-order valence-electron chi connectivity index (χ0n) is 17.1. The number of hydrogen-bond acceptors (Lipinski definition) is 7.